The Balaban J connectivity index is 2.36. The first kappa shape index (κ1) is 13.7. The van der Waals surface area contributed by atoms with E-state index in [1.807, 2.05) is 6.92 Å². The smallest absolute Gasteiger partial charge is 0.242 e. The molecular weight excluding hydrogens is 292 g/mol. The molecule has 0 radical (unpaired) electrons. The van der Waals surface area contributed by atoms with Crippen LogP contribution in [0.25, 0.3) is 0 Å². The van der Waals surface area contributed by atoms with Gasteiger partial charge in [0, 0.05) is 11.1 Å². The van der Waals surface area contributed by atoms with Gasteiger partial charge in [-0.25, -0.2) is 13.1 Å². The fourth-order valence-corrected chi connectivity index (χ4v) is 3.68. The molecule has 0 spiro atoms. The van der Waals surface area contributed by atoms with Crippen molar-refractivity contribution in [3.63, 3.8) is 0 Å². The van der Waals surface area contributed by atoms with E-state index in [2.05, 4.69) is 4.72 Å². The highest BCUT2D eigenvalue weighted by molar-refractivity contribution is 7.89. The van der Waals surface area contributed by atoms with Crippen molar-refractivity contribution in [1.82, 2.24) is 4.72 Å². The zero-order valence-corrected chi connectivity index (χ0v) is 12.1. The van der Waals surface area contributed by atoms with Crippen LogP contribution in [-0.4, -0.2) is 18.9 Å². The number of thiocarbonyl (C=S) groups is 1. The number of nitrogens with two attached hydrogens (primary N) is 1. The second-order valence-electron chi connectivity index (χ2n) is 4.68. The third-order valence-corrected chi connectivity index (χ3v) is 5.24. The quantitative estimate of drug-likeness (QED) is 0.832. The van der Waals surface area contributed by atoms with Crippen LogP contribution in [0.2, 0.25) is 5.02 Å². The summed E-state index contributed by atoms with van der Waals surface area (Å²) in [5, 5.41) is 0.122. The molecule has 3 N–H and O–H groups in total. The van der Waals surface area contributed by atoms with Gasteiger partial charge in [0.05, 0.1) is 5.02 Å². The molecule has 0 aliphatic heterocycles. The Kier molecular flexibility index (Phi) is 3.40. The van der Waals surface area contributed by atoms with Crippen molar-refractivity contribution < 1.29 is 8.42 Å². The third-order valence-electron chi connectivity index (χ3n) is 2.89. The fourth-order valence-electron chi connectivity index (χ4n) is 1.54. The van der Waals surface area contributed by atoms with Gasteiger partial charge in [0.2, 0.25) is 10.0 Å². The molecule has 18 heavy (non-hydrogen) atoms. The van der Waals surface area contributed by atoms with Gasteiger partial charge in [-0.2, -0.15) is 0 Å². The Morgan fingerprint density at radius 3 is 2.56 bits per heavy atom. The minimum absolute atomic E-state index is 0.0530. The lowest BCUT2D eigenvalue weighted by atomic mass is 10.2. The summed E-state index contributed by atoms with van der Waals surface area (Å²) in [5.41, 5.74) is 5.68. The van der Waals surface area contributed by atoms with Crippen LogP contribution in [-0.2, 0) is 10.0 Å². The minimum atomic E-state index is -3.59. The maximum Gasteiger partial charge on any atom is 0.242 e. The Labute approximate surface area is 117 Å². The van der Waals surface area contributed by atoms with Gasteiger partial charge in [-0.05, 0) is 31.9 Å². The van der Waals surface area contributed by atoms with Gasteiger partial charge in [0.25, 0.3) is 0 Å². The van der Waals surface area contributed by atoms with Gasteiger partial charge < -0.3 is 5.73 Å². The third kappa shape index (κ3) is 2.83. The SMILES string of the molecule is CC1(NS(=O)(=O)c2ccc(C(N)=S)cc2Cl)CC1. The van der Waals surface area contributed by atoms with E-state index in [1.165, 1.54) is 12.1 Å². The average Bonchev–Trinajstić information content (AvgIpc) is 2.93. The van der Waals surface area contributed by atoms with Crippen LogP contribution in [0.1, 0.15) is 25.3 Å². The normalized spacial score (nSPS) is 17.4. The monoisotopic (exact) mass is 304 g/mol. The Hall–Kier alpha value is -0.690. The number of hydrogen-bond donors (Lipinski definition) is 2. The van der Waals surface area contributed by atoms with Gasteiger partial charge >= 0.3 is 0 Å². The van der Waals surface area contributed by atoms with E-state index in [1.54, 1.807) is 6.07 Å². The summed E-state index contributed by atoms with van der Waals surface area (Å²) < 4.78 is 26.9. The molecule has 1 fully saturated rings. The largest absolute Gasteiger partial charge is 0.389 e. The van der Waals surface area contributed by atoms with Gasteiger partial charge in [0.15, 0.2) is 0 Å². The second kappa shape index (κ2) is 4.45. The number of rotatable bonds is 4. The standard InChI is InChI=1S/C11H13ClN2O2S2/c1-11(4-5-11)14-18(15,16)9-3-2-7(10(13)17)6-8(9)12/h2-3,6,14H,4-5H2,1H3,(H2,13,17). The summed E-state index contributed by atoms with van der Waals surface area (Å²) in [4.78, 5) is 0.236. The molecule has 0 saturated heterocycles. The highest BCUT2D eigenvalue weighted by Gasteiger charge is 2.41. The molecule has 0 unspecified atom stereocenters. The van der Waals surface area contributed by atoms with E-state index < -0.39 is 10.0 Å². The summed E-state index contributed by atoms with van der Waals surface area (Å²) in [6.07, 6.45) is 1.68. The maximum absolute atomic E-state index is 12.1. The molecule has 1 aromatic rings. The predicted octanol–water partition coefficient (Wildman–Crippen LogP) is 1.81. The second-order valence-corrected chi connectivity index (χ2v) is 7.17. The van der Waals surface area contributed by atoms with E-state index in [0.717, 1.165) is 12.8 Å². The summed E-state index contributed by atoms with van der Waals surface area (Å²) in [7, 11) is -3.59. The van der Waals surface area contributed by atoms with Crippen LogP contribution < -0.4 is 10.5 Å². The number of nitrogens with one attached hydrogen (secondary N) is 1. The number of hydrogen-bond acceptors (Lipinski definition) is 3. The predicted molar refractivity (Wildman–Crippen MR) is 75.3 cm³/mol. The fraction of sp³-hybridized carbons (Fsp3) is 0.364. The summed E-state index contributed by atoms with van der Waals surface area (Å²) in [5.74, 6) is 0. The van der Waals surface area contributed by atoms with E-state index in [4.69, 9.17) is 29.6 Å². The molecule has 7 heteroatoms. The Morgan fingerprint density at radius 1 is 1.50 bits per heavy atom. The molecule has 1 aromatic carbocycles. The first-order valence-corrected chi connectivity index (χ1v) is 7.64. The van der Waals surface area contributed by atoms with Gasteiger partial charge in [-0.15, -0.1) is 0 Å². The molecular formula is C11H13ClN2O2S2. The van der Waals surface area contributed by atoms with Crippen molar-refractivity contribution in [3.05, 3.63) is 28.8 Å². The zero-order valence-electron chi connectivity index (χ0n) is 9.73. The van der Waals surface area contributed by atoms with E-state index in [-0.39, 0.29) is 20.4 Å². The highest BCUT2D eigenvalue weighted by Crippen LogP contribution is 2.36. The molecule has 0 amide bonds. The van der Waals surface area contributed by atoms with Crippen molar-refractivity contribution in [2.24, 2.45) is 5.73 Å². The lowest BCUT2D eigenvalue weighted by Crippen LogP contribution is -2.34. The van der Waals surface area contributed by atoms with Crippen LogP contribution in [0, 0.1) is 0 Å². The van der Waals surface area contributed by atoms with Crippen LogP contribution in [0.4, 0.5) is 0 Å². The Bertz CT molecular complexity index is 609. The van der Waals surface area contributed by atoms with Crippen LogP contribution in [0.5, 0.6) is 0 Å². The average molecular weight is 305 g/mol. The van der Waals surface area contributed by atoms with Crippen molar-refractivity contribution in [1.29, 1.82) is 0 Å². The zero-order chi connectivity index (χ0) is 13.6. The summed E-state index contributed by atoms with van der Waals surface area (Å²) >= 11 is 10.8. The van der Waals surface area contributed by atoms with E-state index in [9.17, 15) is 8.42 Å². The highest BCUT2D eigenvalue weighted by atomic mass is 35.5. The van der Waals surface area contributed by atoms with Crippen LogP contribution in [0.15, 0.2) is 23.1 Å². The van der Waals surface area contributed by atoms with E-state index >= 15 is 0 Å². The maximum atomic E-state index is 12.1. The van der Waals surface area contributed by atoms with Gasteiger partial charge in [-0.3, -0.25) is 0 Å². The summed E-state index contributed by atoms with van der Waals surface area (Å²) in [6, 6.07) is 4.44. The molecule has 2 rings (SSSR count). The molecule has 0 heterocycles. The Morgan fingerprint density at radius 2 is 2.11 bits per heavy atom. The van der Waals surface area contributed by atoms with Gasteiger partial charge in [-0.1, -0.05) is 29.9 Å². The topological polar surface area (TPSA) is 72.2 Å². The van der Waals surface area contributed by atoms with Crippen molar-refractivity contribution >= 4 is 38.8 Å². The molecule has 1 saturated carbocycles. The van der Waals surface area contributed by atoms with E-state index in [0.29, 0.717) is 5.56 Å². The first-order valence-electron chi connectivity index (χ1n) is 5.37. The van der Waals surface area contributed by atoms with Crippen molar-refractivity contribution in [2.75, 3.05) is 0 Å². The molecule has 0 aromatic heterocycles. The van der Waals surface area contributed by atoms with Crippen LogP contribution >= 0.6 is 23.8 Å². The number of sulfonamides is 1. The lowest BCUT2D eigenvalue weighted by molar-refractivity contribution is 0.558. The van der Waals surface area contributed by atoms with Gasteiger partial charge in [0.1, 0.15) is 9.88 Å². The molecule has 4 nitrogen and oxygen atoms in total. The van der Waals surface area contributed by atoms with Crippen molar-refractivity contribution in [2.45, 2.75) is 30.2 Å². The molecule has 0 bridgehead atoms. The molecule has 98 valence electrons. The lowest BCUT2D eigenvalue weighted by Gasteiger charge is -2.13. The minimum Gasteiger partial charge on any atom is -0.389 e. The van der Waals surface area contributed by atoms with Crippen molar-refractivity contribution in [3.8, 4) is 0 Å². The molecule has 1 aliphatic carbocycles. The number of benzene rings is 1. The molecule has 0 atom stereocenters. The van der Waals surface area contributed by atoms with Crippen LogP contribution in [0.3, 0.4) is 0 Å². The summed E-state index contributed by atoms with van der Waals surface area (Å²) in [6.45, 7) is 1.86. The first-order chi connectivity index (χ1) is 8.23. The number of halogens is 1. The molecule has 1 aliphatic rings.